The summed E-state index contributed by atoms with van der Waals surface area (Å²) >= 11 is 0. The number of carbonyl (C=O) groups excluding carboxylic acids is 1. The lowest BCUT2D eigenvalue weighted by Gasteiger charge is -2.08. The highest BCUT2D eigenvalue weighted by atomic mass is 16.3. The maximum Gasteiger partial charge on any atom is 0.200 e. The highest BCUT2D eigenvalue weighted by Crippen LogP contribution is 2.42. The van der Waals surface area contributed by atoms with Gasteiger partial charge < -0.3 is 15.3 Å². The van der Waals surface area contributed by atoms with Crippen LogP contribution >= 0.6 is 0 Å². The molecule has 138 valence electrons. The van der Waals surface area contributed by atoms with E-state index in [4.69, 9.17) is 0 Å². The fourth-order valence-electron chi connectivity index (χ4n) is 3.05. The van der Waals surface area contributed by atoms with E-state index in [1.54, 1.807) is 0 Å². The molecule has 0 aliphatic heterocycles. The average Bonchev–Trinajstić information content (AvgIpc) is 2.69. The van der Waals surface area contributed by atoms with Crippen molar-refractivity contribution in [2.24, 2.45) is 0 Å². The first-order valence-corrected chi connectivity index (χ1v) is 8.96. The van der Waals surface area contributed by atoms with Gasteiger partial charge in [0.25, 0.3) is 0 Å². The van der Waals surface area contributed by atoms with Crippen molar-refractivity contribution in [3.05, 3.63) is 54.6 Å². The van der Waals surface area contributed by atoms with Crippen LogP contribution in [0.3, 0.4) is 0 Å². The number of benzene rings is 4. The number of aromatic hydroxyl groups is 3. The van der Waals surface area contributed by atoms with Crippen molar-refractivity contribution < 1.29 is 20.1 Å². The largest absolute Gasteiger partial charge is 0.504 e. The molecule has 4 aromatic carbocycles. The van der Waals surface area contributed by atoms with Crippen molar-refractivity contribution >= 4 is 38.1 Å². The molecule has 0 aliphatic carbocycles. The zero-order valence-corrected chi connectivity index (χ0v) is 15.4. The van der Waals surface area contributed by atoms with Crippen LogP contribution in [-0.2, 0) is 4.79 Å². The Morgan fingerprint density at radius 3 is 1.74 bits per heavy atom. The van der Waals surface area contributed by atoms with E-state index in [9.17, 15) is 20.1 Å². The van der Waals surface area contributed by atoms with Gasteiger partial charge in [-0.3, -0.25) is 4.79 Å². The van der Waals surface area contributed by atoms with Crippen LogP contribution in [0.15, 0.2) is 54.6 Å². The van der Waals surface area contributed by atoms with Gasteiger partial charge in [-0.05, 0) is 57.3 Å². The van der Waals surface area contributed by atoms with Gasteiger partial charge in [0.15, 0.2) is 11.5 Å². The Kier molecular flexibility index (Phi) is 5.17. The van der Waals surface area contributed by atoms with E-state index in [0.717, 1.165) is 21.5 Å². The molecule has 0 spiro atoms. The summed E-state index contributed by atoms with van der Waals surface area (Å²) in [7, 11) is 0. The number of carbonyl (C=O) groups is 1. The summed E-state index contributed by atoms with van der Waals surface area (Å²) < 4.78 is 0. The number of ketones is 1. The SMILES string of the molecule is CCC(=O)CC.Oc1cc2cc3cc4ccccc4cc3cc2c(O)c1O. The van der Waals surface area contributed by atoms with E-state index in [2.05, 4.69) is 6.07 Å². The standard InChI is InChI=1S/C18H12O3.C5H10O/c19-16-9-14-7-12-5-10-3-1-2-4-11(10)6-13(12)8-15(14)17(20)18(16)21;1-3-5(6)4-2/h1-9,19-21H;3-4H2,1-2H3. The Bertz CT molecular complexity index is 1140. The van der Waals surface area contributed by atoms with Crippen molar-refractivity contribution in [3.8, 4) is 17.2 Å². The lowest BCUT2D eigenvalue weighted by Crippen LogP contribution is -1.88. The summed E-state index contributed by atoms with van der Waals surface area (Å²) in [5.41, 5.74) is 0. The molecule has 4 aromatic rings. The van der Waals surface area contributed by atoms with Gasteiger partial charge in [-0.2, -0.15) is 0 Å². The van der Waals surface area contributed by atoms with E-state index < -0.39 is 5.75 Å². The summed E-state index contributed by atoms with van der Waals surface area (Å²) in [4.78, 5) is 10.2. The number of hydrogen-bond donors (Lipinski definition) is 3. The van der Waals surface area contributed by atoms with Crippen molar-refractivity contribution in [1.29, 1.82) is 0 Å². The van der Waals surface area contributed by atoms with Crippen LogP contribution in [0.2, 0.25) is 0 Å². The third kappa shape index (κ3) is 3.65. The highest BCUT2D eigenvalue weighted by Gasteiger charge is 2.12. The van der Waals surface area contributed by atoms with Gasteiger partial charge in [-0.15, -0.1) is 0 Å². The molecule has 0 fully saturated rings. The molecule has 0 unspecified atom stereocenters. The van der Waals surface area contributed by atoms with Crippen LogP contribution in [0.5, 0.6) is 17.2 Å². The summed E-state index contributed by atoms with van der Waals surface area (Å²) in [6.07, 6.45) is 1.38. The van der Waals surface area contributed by atoms with E-state index in [1.165, 1.54) is 6.07 Å². The van der Waals surface area contributed by atoms with Crippen LogP contribution in [0.25, 0.3) is 32.3 Å². The molecule has 4 heteroatoms. The number of fused-ring (bicyclic) bond motifs is 3. The normalized spacial score (nSPS) is 10.7. The van der Waals surface area contributed by atoms with Gasteiger partial charge in [0.1, 0.15) is 5.78 Å². The molecule has 0 aliphatic rings. The predicted molar refractivity (Wildman–Crippen MR) is 110 cm³/mol. The molecule has 3 N–H and O–H groups in total. The third-order valence-corrected chi connectivity index (χ3v) is 4.68. The fourth-order valence-corrected chi connectivity index (χ4v) is 3.05. The molecule has 0 heterocycles. The number of hydrogen-bond acceptors (Lipinski definition) is 4. The quantitative estimate of drug-likeness (QED) is 0.319. The zero-order valence-electron chi connectivity index (χ0n) is 15.4. The first kappa shape index (κ1) is 18.5. The van der Waals surface area contributed by atoms with E-state index in [0.29, 0.717) is 29.4 Å². The van der Waals surface area contributed by atoms with Crippen molar-refractivity contribution in [2.45, 2.75) is 26.7 Å². The Balaban J connectivity index is 0.000000307. The van der Waals surface area contributed by atoms with Gasteiger partial charge in [0, 0.05) is 18.2 Å². The average molecular weight is 362 g/mol. The monoisotopic (exact) mass is 362 g/mol. The first-order valence-electron chi connectivity index (χ1n) is 8.96. The third-order valence-electron chi connectivity index (χ3n) is 4.68. The van der Waals surface area contributed by atoms with Gasteiger partial charge in [0.05, 0.1) is 0 Å². The maximum atomic E-state index is 10.2. The fraction of sp³-hybridized carbons (Fsp3) is 0.174. The van der Waals surface area contributed by atoms with Crippen LogP contribution < -0.4 is 0 Å². The second-order valence-corrected chi connectivity index (χ2v) is 6.46. The molecule has 0 atom stereocenters. The minimum Gasteiger partial charge on any atom is -0.504 e. The molecule has 0 saturated heterocycles. The Labute approximate surface area is 157 Å². The smallest absolute Gasteiger partial charge is 0.200 e. The molecule has 0 bridgehead atoms. The Hall–Kier alpha value is -3.27. The maximum absolute atomic E-state index is 10.2. The van der Waals surface area contributed by atoms with Crippen LogP contribution in [0.1, 0.15) is 26.7 Å². The van der Waals surface area contributed by atoms with Gasteiger partial charge in [-0.25, -0.2) is 0 Å². The lowest BCUT2D eigenvalue weighted by atomic mass is 9.99. The molecule has 0 saturated carbocycles. The number of phenols is 3. The zero-order chi connectivity index (χ0) is 19.6. The van der Waals surface area contributed by atoms with Gasteiger partial charge in [-0.1, -0.05) is 38.1 Å². The van der Waals surface area contributed by atoms with Gasteiger partial charge >= 0.3 is 0 Å². The van der Waals surface area contributed by atoms with E-state index in [1.807, 2.05) is 56.3 Å². The molecule has 4 rings (SSSR count). The molecule has 0 aromatic heterocycles. The number of rotatable bonds is 2. The van der Waals surface area contributed by atoms with Crippen LogP contribution in [0.4, 0.5) is 0 Å². The summed E-state index contributed by atoms with van der Waals surface area (Å²) in [6, 6.07) is 17.4. The van der Waals surface area contributed by atoms with Gasteiger partial charge in [0.2, 0.25) is 5.75 Å². The summed E-state index contributed by atoms with van der Waals surface area (Å²) in [6.45, 7) is 3.76. The number of Topliss-reactive ketones (excluding diaryl/α,β-unsaturated/α-hetero) is 1. The number of phenolic OH excluding ortho intramolecular Hbond substituents is 3. The second-order valence-electron chi connectivity index (χ2n) is 6.46. The molecule has 4 nitrogen and oxygen atoms in total. The van der Waals surface area contributed by atoms with Crippen LogP contribution in [-0.4, -0.2) is 21.1 Å². The van der Waals surface area contributed by atoms with E-state index in [-0.39, 0.29) is 11.5 Å². The minimum atomic E-state index is -0.484. The van der Waals surface area contributed by atoms with Crippen molar-refractivity contribution in [1.82, 2.24) is 0 Å². The first-order chi connectivity index (χ1) is 12.9. The molecule has 0 amide bonds. The summed E-state index contributed by atoms with van der Waals surface area (Å²) in [5, 5.41) is 34.7. The Morgan fingerprint density at radius 1 is 0.704 bits per heavy atom. The molecular weight excluding hydrogens is 340 g/mol. The Morgan fingerprint density at radius 2 is 1.22 bits per heavy atom. The lowest BCUT2D eigenvalue weighted by molar-refractivity contribution is -0.118. The molecule has 0 radical (unpaired) electrons. The molecule has 27 heavy (non-hydrogen) atoms. The topological polar surface area (TPSA) is 77.8 Å². The summed E-state index contributed by atoms with van der Waals surface area (Å²) in [5.74, 6) is -0.752. The van der Waals surface area contributed by atoms with Crippen LogP contribution in [0, 0.1) is 0 Å². The second kappa shape index (κ2) is 7.54. The molecular formula is C23H22O4. The predicted octanol–water partition coefficient (Wildman–Crippen LogP) is 5.64. The highest BCUT2D eigenvalue weighted by molar-refractivity contribution is 6.07. The minimum absolute atomic E-state index is 0.292. The van der Waals surface area contributed by atoms with Crippen molar-refractivity contribution in [2.75, 3.05) is 0 Å². The van der Waals surface area contributed by atoms with E-state index >= 15 is 0 Å². The van der Waals surface area contributed by atoms with Crippen molar-refractivity contribution in [3.63, 3.8) is 0 Å².